The Bertz CT molecular complexity index is 723. The van der Waals surface area contributed by atoms with Crippen molar-refractivity contribution in [3.05, 3.63) is 58.7 Å². The third kappa shape index (κ3) is 4.86. The van der Waals surface area contributed by atoms with E-state index in [1.54, 1.807) is 6.20 Å². The molecule has 0 radical (unpaired) electrons. The zero-order valence-corrected chi connectivity index (χ0v) is 15.7. The quantitative estimate of drug-likeness (QED) is 0.844. The van der Waals surface area contributed by atoms with Crippen LogP contribution in [0.5, 0.6) is 0 Å². The zero-order valence-electron chi connectivity index (χ0n) is 15.7. The summed E-state index contributed by atoms with van der Waals surface area (Å²) in [6.07, 6.45) is 1.59. The number of carbonyl (C=O) groups excluding carboxylic acids is 1. The number of amides is 1. The van der Waals surface area contributed by atoms with E-state index < -0.39 is 0 Å². The monoisotopic (exact) mass is 340 g/mol. The molecule has 0 spiro atoms. The maximum atomic E-state index is 12.5. The maximum absolute atomic E-state index is 12.5. The number of nitrogens with zero attached hydrogens (tertiary/aromatic N) is 2. The van der Waals surface area contributed by atoms with Gasteiger partial charge in [-0.25, -0.2) is 9.97 Å². The van der Waals surface area contributed by atoms with Crippen molar-refractivity contribution in [2.24, 2.45) is 5.73 Å². The molecule has 5 nitrogen and oxygen atoms in total. The molecule has 0 saturated carbocycles. The summed E-state index contributed by atoms with van der Waals surface area (Å²) in [5.74, 6) is 1.13. The number of hydrogen-bond donors (Lipinski definition) is 2. The number of nitrogens with one attached hydrogen (secondary N) is 1. The molecule has 1 aromatic heterocycles. The van der Waals surface area contributed by atoms with E-state index in [0.29, 0.717) is 23.9 Å². The SMILES string of the molecule is Cc1ncc(C(=O)NCC(N)c2ccc(C(C)C)cc2)c(C(C)C)n1. The van der Waals surface area contributed by atoms with E-state index in [-0.39, 0.29) is 17.9 Å². The third-order valence-corrected chi connectivity index (χ3v) is 4.24. The predicted octanol–water partition coefficient (Wildman–Crippen LogP) is 3.46. The number of aromatic nitrogens is 2. The van der Waals surface area contributed by atoms with Crippen LogP contribution in [-0.2, 0) is 0 Å². The van der Waals surface area contributed by atoms with Crippen molar-refractivity contribution in [3.8, 4) is 0 Å². The fraction of sp³-hybridized carbons (Fsp3) is 0.450. The highest BCUT2D eigenvalue weighted by atomic mass is 16.1. The van der Waals surface area contributed by atoms with Crippen molar-refractivity contribution in [2.45, 2.75) is 52.5 Å². The van der Waals surface area contributed by atoms with E-state index in [1.165, 1.54) is 5.56 Å². The van der Waals surface area contributed by atoms with Gasteiger partial charge in [-0.2, -0.15) is 0 Å². The minimum absolute atomic E-state index is 0.153. The van der Waals surface area contributed by atoms with Crippen LogP contribution in [0.15, 0.2) is 30.5 Å². The molecule has 2 aromatic rings. The molecule has 0 fully saturated rings. The summed E-state index contributed by atoms with van der Waals surface area (Å²) in [6, 6.07) is 7.99. The van der Waals surface area contributed by atoms with E-state index >= 15 is 0 Å². The molecule has 1 aromatic carbocycles. The number of carbonyl (C=O) groups is 1. The summed E-state index contributed by atoms with van der Waals surface area (Å²) in [5, 5.41) is 2.91. The molecular weight excluding hydrogens is 312 g/mol. The molecule has 0 aliphatic heterocycles. The van der Waals surface area contributed by atoms with E-state index in [1.807, 2.05) is 32.9 Å². The van der Waals surface area contributed by atoms with Gasteiger partial charge in [0.25, 0.3) is 5.91 Å². The summed E-state index contributed by atoms with van der Waals surface area (Å²) in [6.45, 7) is 10.5. The van der Waals surface area contributed by atoms with E-state index in [4.69, 9.17) is 5.73 Å². The molecular formula is C20H28N4O. The molecule has 1 unspecified atom stereocenters. The average Bonchev–Trinajstić information content (AvgIpc) is 2.59. The summed E-state index contributed by atoms with van der Waals surface area (Å²) in [5.41, 5.74) is 9.79. The zero-order chi connectivity index (χ0) is 18.6. The van der Waals surface area contributed by atoms with Gasteiger partial charge in [0.05, 0.1) is 11.3 Å². The van der Waals surface area contributed by atoms with Gasteiger partial charge in [0.1, 0.15) is 5.82 Å². The van der Waals surface area contributed by atoms with E-state index in [9.17, 15) is 4.79 Å². The van der Waals surface area contributed by atoms with Crippen LogP contribution in [0.4, 0.5) is 0 Å². The average molecular weight is 340 g/mol. The Morgan fingerprint density at radius 3 is 2.24 bits per heavy atom. The van der Waals surface area contributed by atoms with Crippen molar-refractivity contribution in [2.75, 3.05) is 6.54 Å². The van der Waals surface area contributed by atoms with Crippen molar-refractivity contribution >= 4 is 5.91 Å². The highest BCUT2D eigenvalue weighted by molar-refractivity contribution is 5.95. The predicted molar refractivity (Wildman–Crippen MR) is 101 cm³/mol. The number of benzene rings is 1. The van der Waals surface area contributed by atoms with Gasteiger partial charge in [-0.1, -0.05) is 52.0 Å². The fourth-order valence-corrected chi connectivity index (χ4v) is 2.65. The Balaban J connectivity index is 2.04. The molecule has 1 heterocycles. The second kappa shape index (κ2) is 8.21. The van der Waals surface area contributed by atoms with Gasteiger partial charge >= 0.3 is 0 Å². The molecule has 2 rings (SSSR count). The first-order chi connectivity index (χ1) is 11.8. The normalized spacial score (nSPS) is 12.5. The molecule has 1 atom stereocenters. The van der Waals surface area contributed by atoms with E-state index in [2.05, 4.69) is 41.3 Å². The second-order valence-electron chi connectivity index (χ2n) is 7.01. The van der Waals surface area contributed by atoms with Crippen LogP contribution in [0.3, 0.4) is 0 Å². The van der Waals surface area contributed by atoms with Gasteiger partial charge in [0.15, 0.2) is 0 Å². The van der Waals surface area contributed by atoms with Gasteiger partial charge in [-0.3, -0.25) is 4.79 Å². The standard InChI is InChI=1S/C20H28N4O/c1-12(2)15-6-8-16(9-7-15)18(21)11-23-20(25)17-10-22-14(5)24-19(17)13(3)4/h6-10,12-13,18H,11,21H2,1-5H3,(H,23,25). The Morgan fingerprint density at radius 2 is 1.68 bits per heavy atom. The van der Waals surface area contributed by atoms with Crippen LogP contribution in [-0.4, -0.2) is 22.4 Å². The van der Waals surface area contributed by atoms with Crippen molar-refractivity contribution in [1.29, 1.82) is 0 Å². The van der Waals surface area contributed by atoms with Crippen molar-refractivity contribution in [3.63, 3.8) is 0 Å². The van der Waals surface area contributed by atoms with Crippen molar-refractivity contribution in [1.82, 2.24) is 15.3 Å². The van der Waals surface area contributed by atoms with Crippen LogP contribution in [0, 0.1) is 6.92 Å². The van der Waals surface area contributed by atoms with Crippen LogP contribution in [0.2, 0.25) is 0 Å². The first-order valence-electron chi connectivity index (χ1n) is 8.76. The smallest absolute Gasteiger partial charge is 0.254 e. The molecule has 134 valence electrons. The van der Waals surface area contributed by atoms with Gasteiger partial charge in [0, 0.05) is 18.8 Å². The number of hydrogen-bond acceptors (Lipinski definition) is 4. The summed E-state index contributed by atoms with van der Waals surface area (Å²) in [7, 11) is 0. The topological polar surface area (TPSA) is 80.9 Å². The second-order valence-corrected chi connectivity index (χ2v) is 7.01. The summed E-state index contributed by atoms with van der Waals surface area (Å²) >= 11 is 0. The van der Waals surface area contributed by atoms with E-state index in [0.717, 1.165) is 11.3 Å². The lowest BCUT2D eigenvalue weighted by molar-refractivity contribution is 0.0949. The summed E-state index contributed by atoms with van der Waals surface area (Å²) < 4.78 is 0. The minimum Gasteiger partial charge on any atom is -0.350 e. The van der Waals surface area contributed by atoms with Crippen LogP contribution >= 0.6 is 0 Å². The van der Waals surface area contributed by atoms with Crippen LogP contribution < -0.4 is 11.1 Å². The lowest BCUT2D eigenvalue weighted by atomic mass is 9.99. The van der Waals surface area contributed by atoms with Crippen LogP contribution in [0.1, 0.15) is 78.6 Å². The highest BCUT2D eigenvalue weighted by Crippen LogP contribution is 2.19. The minimum atomic E-state index is -0.251. The Morgan fingerprint density at radius 1 is 1.08 bits per heavy atom. The fourth-order valence-electron chi connectivity index (χ4n) is 2.65. The Kier molecular flexibility index (Phi) is 6.26. The van der Waals surface area contributed by atoms with Gasteiger partial charge in [0.2, 0.25) is 0 Å². The van der Waals surface area contributed by atoms with Gasteiger partial charge < -0.3 is 11.1 Å². The highest BCUT2D eigenvalue weighted by Gasteiger charge is 2.17. The lowest BCUT2D eigenvalue weighted by Crippen LogP contribution is -2.33. The molecule has 1 amide bonds. The van der Waals surface area contributed by atoms with Gasteiger partial charge in [-0.15, -0.1) is 0 Å². The summed E-state index contributed by atoms with van der Waals surface area (Å²) in [4.78, 5) is 21.1. The molecule has 5 heteroatoms. The molecule has 0 aliphatic rings. The molecule has 0 aliphatic carbocycles. The first kappa shape index (κ1) is 19.1. The molecule has 0 bridgehead atoms. The maximum Gasteiger partial charge on any atom is 0.254 e. The Hall–Kier alpha value is -2.27. The molecule has 25 heavy (non-hydrogen) atoms. The van der Waals surface area contributed by atoms with Gasteiger partial charge in [-0.05, 0) is 29.9 Å². The number of aryl methyl sites for hydroxylation is 1. The molecule has 0 saturated heterocycles. The Labute approximate surface area is 150 Å². The van der Waals surface area contributed by atoms with Crippen molar-refractivity contribution < 1.29 is 4.79 Å². The first-order valence-corrected chi connectivity index (χ1v) is 8.76. The largest absolute Gasteiger partial charge is 0.350 e. The van der Waals surface area contributed by atoms with Crippen LogP contribution in [0.25, 0.3) is 0 Å². The number of nitrogens with two attached hydrogens (primary N) is 1. The molecule has 3 N–H and O–H groups in total. The third-order valence-electron chi connectivity index (χ3n) is 4.24. The lowest BCUT2D eigenvalue weighted by Gasteiger charge is -2.16. The number of rotatable bonds is 6.